The van der Waals surface area contributed by atoms with Crippen molar-refractivity contribution in [3.8, 4) is 0 Å². The van der Waals surface area contributed by atoms with Crippen molar-refractivity contribution < 1.29 is 9.59 Å². The maximum Gasteiger partial charge on any atom is 0.237 e. The molecule has 1 aliphatic heterocycles. The molecule has 21 heavy (non-hydrogen) atoms. The number of carbonyl (C=O) groups excluding carboxylic acids is 2. The lowest BCUT2D eigenvalue weighted by molar-refractivity contribution is -0.147. The Balaban J connectivity index is 1.96. The second-order valence-electron chi connectivity index (χ2n) is 6.30. The third-order valence-electron chi connectivity index (χ3n) is 4.03. The number of nitrogens with one attached hydrogen (secondary N) is 1. The first-order valence-electron chi connectivity index (χ1n) is 7.54. The molecule has 0 spiro atoms. The van der Waals surface area contributed by atoms with Crippen LogP contribution in [0.4, 0.5) is 0 Å². The molecule has 0 atom stereocenters. The van der Waals surface area contributed by atoms with Crippen molar-refractivity contribution >= 4 is 11.8 Å². The summed E-state index contributed by atoms with van der Waals surface area (Å²) in [4.78, 5) is 26.6. The van der Waals surface area contributed by atoms with Crippen LogP contribution in [0.1, 0.15) is 37.8 Å². The van der Waals surface area contributed by atoms with Crippen LogP contribution in [0.2, 0.25) is 0 Å². The maximum absolute atomic E-state index is 12.4. The van der Waals surface area contributed by atoms with Gasteiger partial charge < -0.3 is 10.2 Å². The summed E-state index contributed by atoms with van der Waals surface area (Å²) in [5.74, 6) is -0.275. The number of carbonyl (C=O) groups is 2. The van der Waals surface area contributed by atoms with Gasteiger partial charge in [-0.1, -0.05) is 29.8 Å². The van der Waals surface area contributed by atoms with Crippen LogP contribution in [0, 0.1) is 12.3 Å². The highest BCUT2D eigenvalue weighted by Crippen LogP contribution is 2.22. The normalized spacial score (nSPS) is 15.1. The zero-order valence-corrected chi connectivity index (χ0v) is 13.1. The van der Waals surface area contributed by atoms with E-state index in [-0.39, 0.29) is 11.8 Å². The third kappa shape index (κ3) is 3.63. The quantitative estimate of drug-likeness (QED) is 0.864. The molecule has 2 rings (SSSR count). The number of likely N-dealkylation sites (tertiary alicyclic amines) is 1. The topological polar surface area (TPSA) is 49.4 Å². The van der Waals surface area contributed by atoms with Gasteiger partial charge in [-0.2, -0.15) is 0 Å². The number of hydrogen-bond donors (Lipinski definition) is 1. The molecule has 1 aromatic carbocycles. The minimum Gasteiger partial charge on any atom is -0.351 e. The van der Waals surface area contributed by atoms with Crippen LogP contribution < -0.4 is 5.32 Å². The summed E-state index contributed by atoms with van der Waals surface area (Å²) in [5.41, 5.74) is 1.20. The van der Waals surface area contributed by atoms with E-state index < -0.39 is 5.41 Å². The molecule has 4 nitrogen and oxygen atoms in total. The maximum atomic E-state index is 12.4. The molecule has 2 amide bonds. The minimum atomic E-state index is -1.01. The van der Waals surface area contributed by atoms with Crippen LogP contribution in [0.25, 0.3) is 0 Å². The van der Waals surface area contributed by atoms with Crippen LogP contribution in [-0.4, -0.2) is 29.8 Å². The van der Waals surface area contributed by atoms with Crippen molar-refractivity contribution in [1.82, 2.24) is 10.2 Å². The van der Waals surface area contributed by atoms with E-state index in [9.17, 15) is 9.59 Å². The first kappa shape index (κ1) is 15.5. The fraction of sp³-hybridized carbons (Fsp3) is 0.529. The monoisotopic (exact) mass is 288 g/mol. The lowest BCUT2D eigenvalue weighted by atomic mass is 9.90. The molecular weight excluding hydrogens is 264 g/mol. The second-order valence-corrected chi connectivity index (χ2v) is 6.30. The van der Waals surface area contributed by atoms with E-state index in [0.717, 1.165) is 37.1 Å². The van der Waals surface area contributed by atoms with Crippen molar-refractivity contribution in [2.75, 3.05) is 13.1 Å². The van der Waals surface area contributed by atoms with Gasteiger partial charge in [0.25, 0.3) is 0 Å². The van der Waals surface area contributed by atoms with E-state index >= 15 is 0 Å². The first-order chi connectivity index (χ1) is 9.91. The Morgan fingerprint density at radius 3 is 2.52 bits per heavy atom. The number of aryl methyl sites for hydroxylation is 1. The van der Waals surface area contributed by atoms with E-state index in [1.165, 1.54) is 0 Å². The molecule has 1 N–H and O–H groups in total. The SMILES string of the molecule is Cc1cccc(CNC(=O)C(C)(C)C(=O)N2CCCC2)c1. The summed E-state index contributed by atoms with van der Waals surface area (Å²) in [7, 11) is 0. The van der Waals surface area contributed by atoms with Crippen LogP contribution in [0.3, 0.4) is 0 Å². The molecule has 0 aliphatic carbocycles. The first-order valence-corrected chi connectivity index (χ1v) is 7.54. The summed E-state index contributed by atoms with van der Waals surface area (Å²) in [6.07, 6.45) is 2.07. The average Bonchev–Trinajstić information content (AvgIpc) is 2.97. The molecule has 1 heterocycles. The van der Waals surface area contributed by atoms with E-state index in [1.54, 1.807) is 18.7 Å². The molecular formula is C17H24N2O2. The van der Waals surface area contributed by atoms with Crippen molar-refractivity contribution in [2.45, 2.75) is 40.2 Å². The lowest BCUT2D eigenvalue weighted by Gasteiger charge is -2.28. The lowest BCUT2D eigenvalue weighted by Crippen LogP contribution is -2.48. The van der Waals surface area contributed by atoms with Gasteiger partial charge in [-0.25, -0.2) is 0 Å². The molecule has 1 aliphatic rings. The molecule has 114 valence electrons. The minimum absolute atomic E-state index is 0.0678. The molecule has 1 fully saturated rings. The Hall–Kier alpha value is -1.84. The summed E-state index contributed by atoms with van der Waals surface area (Å²) in [6.45, 7) is 7.43. The predicted octanol–water partition coefficient (Wildman–Crippen LogP) is 2.26. The molecule has 1 aromatic rings. The zero-order valence-electron chi connectivity index (χ0n) is 13.1. The Labute approximate surface area is 126 Å². The standard InChI is InChI=1S/C17H24N2O2/c1-13-7-6-8-14(11-13)12-18-15(20)17(2,3)16(21)19-9-4-5-10-19/h6-8,11H,4-5,9-10,12H2,1-3H3,(H,18,20). The largest absolute Gasteiger partial charge is 0.351 e. The number of amides is 2. The number of hydrogen-bond acceptors (Lipinski definition) is 2. The highest BCUT2D eigenvalue weighted by Gasteiger charge is 2.39. The predicted molar refractivity (Wildman–Crippen MR) is 82.6 cm³/mol. The Morgan fingerprint density at radius 1 is 1.24 bits per heavy atom. The summed E-state index contributed by atoms with van der Waals surface area (Å²) in [5, 5.41) is 2.88. The second kappa shape index (κ2) is 6.29. The Bertz CT molecular complexity index is 531. The fourth-order valence-electron chi connectivity index (χ4n) is 2.64. The Kier molecular flexibility index (Phi) is 4.66. The van der Waals surface area contributed by atoms with Crippen LogP contribution in [0.5, 0.6) is 0 Å². The zero-order chi connectivity index (χ0) is 15.5. The van der Waals surface area contributed by atoms with Gasteiger partial charge in [-0.3, -0.25) is 9.59 Å². The summed E-state index contributed by atoms with van der Waals surface area (Å²) >= 11 is 0. The van der Waals surface area contributed by atoms with Gasteiger partial charge in [0.05, 0.1) is 0 Å². The van der Waals surface area contributed by atoms with E-state index in [4.69, 9.17) is 0 Å². The van der Waals surface area contributed by atoms with Gasteiger partial charge in [0.1, 0.15) is 5.41 Å². The van der Waals surface area contributed by atoms with Gasteiger partial charge in [0.2, 0.25) is 11.8 Å². The third-order valence-corrected chi connectivity index (χ3v) is 4.03. The van der Waals surface area contributed by atoms with Crippen molar-refractivity contribution in [3.05, 3.63) is 35.4 Å². The summed E-state index contributed by atoms with van der Waals surface area (Å²) < 4.78 is 0. The van der Waals surface area contributed by atoms with Crippen LogP contribution in [0.15, 0.2) is 24.3 Å². The summed E-state index contributed by atoms with van der Waals surface area (Å²) in [6, 6.07) is 8.00. The van der Waals surface area contributed by atoms with Gasteiger partial charge in [0, 0.05) is 19.6 Å². The van der Waals surface area contributed by atoms with Crippen LogP contribution in [-0.2, 0) is 16.1 Å². The average molecular weight is 288 g/mol. The number of nitrogens with zero attached hydrogens (tertiary/aromatic N) is 1. The van der Waals surface area contributed by atoms with Gasteiger partial charge in [0.15, 0.2) is 0 Å². The highest BCUT2D eigenvalue weighted by molar-refractivity contribution is 6.04. The van der Waals surface area contributed by atoms with Gasteiger partial charge in [-0.05, 0) is 39.2 Å². The van der Waals surface area contributed by atoms with Crippen molar-refractivity contribution in [3.63, 3.8) is 0 Å². The molecule has 4 heteroatoms. The Morgan fingerprint density at radius 2 is 1.90 bits per heavy atom. The molecule has 0 unspecified atom stereocenters. The fourth-order valence-corrected chi connectivity index (χ4v) is 2.64. The molecule has 1 saturated heterocycles. The molecule has 0 aromatic heterocycles. The van der Waals surface area contributed by atoms with E-state index in [0.29, 0.717) is 6.54 Å². The van der Waals surface area contributed by atoms with Gasteiger partial charge in [-0.15, -0.1) is 0 Å². The number of benzene rings is 1. The highest BCUT2D eigenvalue weighted by atomic mass is 16.2. The molecule has 0 radical (unpaired) electrons. The van der Waals surface area contributed by atoms with Crippen molar-refractivity contribution in [1.29, 1.82) is 0 Å². The number of rotatable bonds is 4. The molecule has 0 bridgehead atoms. The van der Waals surface area contributed by atoms with E-state index in [1.807, 2.05) is 31.2 Å². The van der Waals surface area contributed by atoms with Gasteiger partial charge >= 0.3 is 0 Å². The smallest absolute Gasteiger partial charge is 0.237 e. The van der Waals surface area contributed by atoms with E-state index in [2.05, 4.69) is 5.32 Å². The van der Waals surface area contributed by atoms with Crippen molar-refractivity contribution in [2.24, 2.45) is 5.41 Å². The molecule has 0 saturated carbocycles. The van der Waals surface area contributed by atoms with Crippen LogP contribution >= 0.6 is 0 Å².